The molecule has 4 rings (SSSR count). The Bertz CT molecular complexity index is 1580. The van der Waals surface area contributed by atoms with E-state index < -0.39 is 19.9 Å². The van der Waals surface area contributed by atoms with Crippen molar-refractivity contribution in [3.05, 3.63) is 72.8 Å². The first-order valence-corrected chi connectivity index (χ1v) is 18.5. The molecule has 214 valence electrons. The zero-order valence-corrected chi connectivity index (χ0v) is 26.4. The topological polar surface area (TPSA) is 86.8 Å². The molecule has 0 aliphatic carbocycles. The number of fused-ring (bicyclic) bond motifs is 2. The average molecular weight is 618 g/mol. The van der Waals surface area contributed by atoms with Gasteiger partial charge in [0, 0.05) is 79.2 Å². The summed E-state index contributed by atoms with van der Waals surface area (Å²) >= 11 is 0. The highest BCUT2D eigenvalue weighted by Crippen LogP contribution is 2.32. The van der Waals surface area contributed by atoms with Crippen molar-refractivity contribution in [1.29, 1.82) is 0 Å². The molecule has 0 aliphatic rings. The third kappa shape index (κ3) is 6.88. The summed E-state index contributed by atoms with van der Waals surface area (Å²) in [7, 11) is 3.73. The molecule has 0 saturated heterocycles. The van der Waals surface area contributed by atoms with Crippen LogP contribution in [0.15, 0.2) is 82.6 Å². The third-order valence-corrected chi connectivity index (χ3v) is 12.4. The smallest absolute Gasteiger partial charge is 0.241 e. The molecule has 4 aromatic carbocycles. The predicted octanol–water partition coefficient (Wildman–Crippen LogP) is 5.65. The summed E-state index contributed by atoms with van der Waals surface area (Å²) in [5.41, 5.74) is 1.94. The van der Waals surface area contributed by atoms with Gasteiger partial charge in [-0.15, -0.1) is 0 Å². The Morgan fingerprint density at radius 2 is 1.10 bits per heavy atom. The van der Waals surface area contributed by atoms with Crippen LogP contribution in [0.2, 0.25) is 0 Å². The molecule has 0 saturated carbocycles. The number of nitrogens with one attached hydrogen (secondary N) is 1. The Kier molecular flexibility index (Phi) is 9.94. The molecule has 0 amide bonds. The first kappa shape index (κ1) is 30.5. The van der Waals surface area contributed by atoms with Gasteiger partial charge in [-0.05, 0) is 30.7 Å². The number of hydrogen-bond acceptors (Lipinski definition) is 8. The van der Waals surface area contributed by atoms with Gasteiger partial charge in [0.1, 0.15) is 0 Å². The van der Waals surface area contributed by atoms with Crippen LogP contribution in [0.1, 0.15) is 6.42 Å². The minimum atomic E-state index is -3.68. The molecule has 0 aromatic heterocycles. The molecule has 11 heteroatoms. The van der Waals surface area contributed by atoms with E-state index in [-0.39, 0.29) is 17.2 Å². The van der Waals surface area contributed by atoms with Gasteiger partial charge in [0.25, 0.3) is 0 Å². The fourth-order valence-corrected chi connectivity index (χ4v) is 9.75. The highest BCUT2D eigenvalue weighted by Gasteiger charge is 2.20. The number of anilines is 2. The largest absolute Gasteiger partial charge is 0.377 e. The Morgan fingerprint density at radius 3 is 1.68 bits per heavy atom. The molecule has 0 atom stereocenters. The van der Waals surface area contributed by atoms with Gasteiger partial charge in [-0.25, -0.2) is 21.6 Å². The van der Waals surface area contributed by atoms with E-state index in [1.807, 2.05) is 86.5 Å². The van der Waals surface area contributed by atoms with Crippen LogP contribution in [-0.4, -0.2) is 68.8 Å². The number of benzene rings is 4. The van der Waals surface area contributed by atoms with E-state index in [1.165, 1.54) is 10.8 Å². The Labute approximate surface area is 245 Å². The summed E-state index contributed by atoms with van der Waals surface area (Å²) in [4.78, 5) is 4.58. The Morgan fingerprint density at radius 1 is 0.625 bits per heavy atom. The molecule has 0 radical (unpaired) electrons. The van der Waals surface area contributed by atoms with Crippen molar-refractivity contribution in [2.45, 2.75) is 16.2 Å². The zero-order valence-electron chi connectivity index (χ0n) is 23.1. The minimum absolute atomic E-state index is 0.0640. The summed E-state index contributed by atoms with van der Waals surface area (Å²) in [6.07, 6.45) is 0.514. The lowest BCUT2D eigenvalue weighted by Crippen LogP contribution is -2.26. The molecule has 40 heavy (non-hydrogen) atoms. The lowest BCUT2D eigenvalue weighted by atomic mass is 10.1. The molecule has 1 N–H and O–H groups in total. The predicted molar refractivity (Wildman–Crippen MR) is 173 cm³/mol. The minimum Gasteiger partial charge on any atom is -0.377 e. The fraction of sp³-hybridized carbons (Fsp3) is 0.310. The van der Waals surface area contributed by atoms with Gasteiger partial charge in [-0.3, -0.25) is 0 Å². The van der Waals surface area contributed by atoms with Gasteiger partial charge in [-0.2, -0.15) is 0 Å². The fourth-order valence-electron chi connectivity index (χ4n) is 4.65. The van der Waals surface area contributed by atoms with E-state index in [0.29, 0.717) is 28.2 Å². The highest BCUT2D eigenvalue weighted by atomic mass is 33.1. The van der Waals surface area contributed by atoms with Crippen LogP contribution in [0.4, 0.5) is 11.4 Å². The maximum Gasteiger partial charge on any atom is 0.241 e. The second-order valence-electron chi connectivity index (χ2n) is 9.76. The molecular weight excluding hydrogens is 583 g/mol. The van der Waals surface area contributed by atoms with Crippen molar-refractivity contribution >= 4 is 74.4 Å². The first-order chi connectivity index (χ1) is 19.0. The van der Waals surface area contributed by atoms with Crippen molar-refractivity contribution in [1.82, 2.24) is 4.72 Å². The maximum atomic E-state index is 13.2. The molecule has 7 nitrogen and oxygen atoms in total. The maximum absolute atomic E-state index is 13.2. The molecule has 0 heterocycles. The number of sulfone groups is 1. The summed E-state index contributed by atoms with van der Waals surface area (Å²) in [5.74, 6) is 1.29. The Hall–Kier alpha value is -2.44. The Balaban J connectivity index is 1.27. The summed E-state index contributed by atoms with van der Waals surface area (Å²) in [6, 6.07) is 22.1. The van der Waals surface area contributed by atoms with E-state index in [9.17, 15) is 16.8 Å². The third-order valence-electron chi connectivity index (χ3n) is 6.51. The van der Waals surface area contributed by atoms with Gasteiger partial charge in [0.15, 0.2) is 9.84 Å². The molecule has 0 spiro atoms. The van der Waals surface area contributed by atoms with Crippen LogP contribution in [0.3, 0.4) is 0 Å². The average Bonchev–Trinajstić information content (AvgIpc) is 2.92. The van der Waals surface area contributed by atoms with E-state index in [1.54, 1.807) is 35.1 Å². The second kappa shape index (κ2) is 13.0. The van der Waals surface area contributed by atoms with E-state index in [0.717, 1.165) is 27.5 Å². The van der Waals surface area contributed by atoms with Crippen LogP contribution in [-0.2, 0) is 19.9 Å². The lowest BCUT2D eigenvalue weighted by Gasteiger charge is -2.17. The van der Waals surface area contributed by atoms with Crippen molar-refractivity contribution < 1.29 is 16.8 Å². The van der Waals surface area contributed by atoms with Crippen molar-refractivity contribution in [3.63, 3.8) is 0 Å². The first-order valence-electron chi connectivity index (χ1n) is 12.9. The van der Waals surface area contributed by atoms with Crippen LogP contribution in [0.5, 0.6) is 0 Å². The quantitative estimate of drug-likeness (QED) is 0.152. The summed E-state index contributed by atoms with van der Waals surface area (Å²) in [5, 5.41) is 3.24. The molecule has 0 bridgehead atoms. The van der Waals surface area contributed by atoms with Crippen LogP contribution < -0.4 is 14.5 Å². The zero-order chi connectivity index (χ0) is 28.9. The SMILES string of the molecule is CN(C)c1cccc2c(S(=O)(=O)CCCSSCCNS(=O)(=O)c3cccc4c(N(C)C)cccc34)cccc12. The number of nitrogens with zero attached hydrogens (tertiary/aromatic N) is 2. The van der Waals surface area contributed by atoms with Gasteiger partial charge in [0.2, 0.25) is 10.0 Å². The van der Waals surface area contributed by atoms with Crippen molar-refractivity contribution in [2.75, 3.05) is 61.8 Å². The van der Waals surface area contributed by atoms with E-state index >= 15 is 0 Å². The summed E-state index contributed by atoms with van der Waals surface area (Å²) < 4.78 is 55.1. The molecule has 0 unspecified atom stereocenters. The highest BCUT2D eigenvalue weighted by molar-refractivity contribution is 8.76. The lowest BCUT2D eigenvalue weighted by molar-refractivity contribution is 0.585. The van der Waals surface area contributed by atoms with Crippen LogP contribution >= 0.6 is 21.6 Å². The van der Waals surface area contributed by atoms with Crippen molar-refractivity contribution in [2.24, 2.45) is 0 Å². The number of hydrogen-bond donors (Lipinski definition) is 1. The molecule has 0 fully saturated rings. The van der Waals surface area contributed by atoms with Crippen molar-refractivity contribution in [3.8, 4) is 0 Å². The second-order valence-corrected chi connectivity index (χ2v) is 16.3. The number of sulfonamides is 1. The van der Waals surface area contributed by atoms with Crippen LogP contribution in [0, 0.1) is 0 Å². The van der Waals surface area contributed by atoms with E-state index in [4.69, 9.17) is 0 Å². The van der Waals surface area contributed by atoms with Gasteiger partial charge in [-0.1, -0.05) is 70.1 Å². The van der Waals surface area contributed by atoms with Crippen LogP contribution in [0.25, 0.3) is 21.5 Å². The number of rotatable bonds is 13. The van der Waals surface area contributed by atoms with Gasteiger partial charge >= 0.3 is 0 Å². The molecule has 0 aliphatic heterocycles. The molecular formula is C29H35N3O4S4. The van der Waals surface area contributed by atoms with Gasteiger partial charge < -0.3 is 9.80 Å². The standard InChI is InChI=1S/C29H35N3O4S4/c1-31(2)26-14-5-12-24-22(26)10-7-16-28(24)39(33,34)21-9-19-37-38-20-18-30-40(35,36)29-17-8-11-23-25(29)13-6-15-27(23)32(3)4/h5-8,10-17,30H,9,18-21H2,1-4H3. The van der Waals surface area contributed by atoms with E-state index in [2.05, 4.69) is 4.72 Å². The normalized spacial score (nSPS) is 12.2. The summed E-state index contributed by atoms with van der Waals surface area (Å²) in [6.45, 7) is 0.284. The van der Waals surface area contributed by atoms with Gasteiger partial charge in [0.05, 0.1) is 15.5 Å². The molecule has 4 aromatic rings. The monoisotopic (exact) mass is 617 g/mol.